The highest BCUT2D eigenvalue weighted by atomic mass is 15.3. The van der Waals surface area contributed by atoms with Gasteiger partial charge < -0.3 is 0 Å². The first-order valence-electron chi connectivity index (χ1n) is 4.74. The minimum atomic E-state index is 0.934. The summed E-state index contributed by atoms with van der Waals surface area (Å²) < 4.78 is 2.03. The Balaban J connectivity index is 2.84. The summed E-state index contributed by atoms with van der Waals surface area (Å²) in [6, 6.07) is 0. The lowest BCUT2D eigenvalue weighted by Gasteiger charge is -1.99. The number of nitrogens with zero attached hydrogens (tertiary/aromatic N) is 3. The summed E-state index contributed by atoms with van der Waals surface area (Å²) in [6.07, 6.45) is 3.04. The van der Waals surface area contributed by atoms with Gasteiger partial charge in [0.15, 0.2) is 5.82 Å². The highest BCUT2D eigenvalue weighted by molar-refractivity contribution is 4.92. The van der Waals surface area contributed by atoms with E-state index in [2.05, 4.69) is 30.9 Å². The lowest BCUT2D eigenvalue weighted by Crippen LogP contribution is -2.04. The first-order valence-corrected chi connectivity index (χ1v) is 4.74. The molecule has 3 nitrogen and oxygen atoms in total. The molecule has 0 spiro atoms. The molecular formula is C9H17N3. The minimum absolute atomic E-state index is 0.934. The number of hydrogen-bond acceptors (Lipinski definition) is 2. The predicted octanol–water partition coefficient (Wildman–Crippen LogP) is 1.81. The fraction of sp³-hybridized carbons (Fsp3) is 0.778. The van der Waals surface area contributed by atoms with E-state index in [0.717, 1.165) is 37.5 Å². The average Bonchev–Trinajstić information content (AvgIpc) is 2.48. The van der Waals surface area contributed by atoms with Gasteiger partial charge in [-0.3, -0.25) is 0 Å². The van der Waals surface area contributed by atoms with E-state index in [-0.39, 0.29) is 0 Å². The van der Waals surface area contributed by atoms with Crippen molar-refractivity contribution in [2.45, 2.75) is 46.6 Å². The summed E-state index contributed by atoms with van der Waals surface area (Å²) in [7, 11) is 0. The van der Waals surface area contributed by atoms with Gasteiger partial charge in [-0.25, -0.2) is 9.67 Å². The summed E-state index contributed by atoms with van der Waals surface area (Å²) >= 11 is 0. The maximum absolute atomic E-state index is 4.42. The molecule has 68 valence electrons. The molecule has 0 fully saturated rings. The van der Waals surface area contributed by atoms with Crippen molar-refractivity contribution in [2.24, 2.45) is 0 Å². The maximum atomic E-state index is 4.42. The number of hydrogen-bond donors (Lipinski definition) is 0. The first kappa shape index (κ1) is 9.23. The van der Waals surface area contributed by atoms with Gasteiger partial charge in [0, 0.05) is 19.4 Å². The Kier molecular flexibility index (Phi) is 3.26. The second-order valence-corrected chi connectivity index (χ2v) is 2.87. The molecule has 3 heteroatoms. The van der Waals surface area contributed by atoms with Gasteiger partial charge in [-0.2, -0.15) is 5.10 Å². The maximum Gasteiger partial charge on any atom is 0.150 e. The third-order valence-electron chi connectivity index (χ3n) is 1.86. The molecule has 0 N–H and O–H groups in total. The first-order chi connectivity index (χ1) is 5.81. The van der Waals surface area contributed by atoms with E-state index in [9.17, 15) is 0 Å². The molecule has 1 aromatic heterocycles. The van der Waals surface area contributed by atoms with Crippen LogP contribution < -0.4 is 0 Å². The average molecular weight is 167 g/mol. The SMILES string of the molecule is CCCn1nc(CC)nc1CC. The normalized spacial score (nSPS) is 10.6. The quantitative estimate of drug-likeness (QED) is 0.684. The monoisotopic (exact) mass is 167 g/mol. The molecule has 0 amide bonds. The Morgan fingerprint density at radius 3 is 2.42 bits per heavy atom. The van der Waals surface area contributed by atoms with Crippen LogP contribution in [0.25, 0.3) is 0 Å². The molecule has 0 atom stereocenters. The van der Waals surface area contributed by atoms with Crippen LogP contribution >= 0.6 is 0 Å². The summed E-state index contributed by atoms with van der Waals surface area (Å²) in [6.45, 7) is 7.36. The number of rotatable bonds is 4. The van der Waals surface area contributed by atoms with Gasteiger partial charge in [0.05, 0.1) is 0 Å². The molecule has 0 unspecified atom stereocenters. The molecule has 0 aliphatic heterocycles. The van der Waals surface area contributed by atoms with E-state index in [4.69, 9.17) is 0 Å². The van der Waals surface area contributed by atoms with Gasteiger partial charge in [0.1, 0.15) is 5.82 Å². The molecule has 1 aromatic rings. The topological polar surface area (TPSA) is 30.7 Å². The summed E-state index contributed by atoms with van der Waals surface area (Å²) in [5.74, 6) is 2.09. The van der Waals surface area contributed by atoms with Crippen LogP contribution in [0, 0.1) is 0 Å². The second kappa shape index (κ2) is 4.24. The van der Waals surface area contributed by atoms with Crippen LogP contribution in [0.3, 0.4) is 0 Å². The van der Waals surface area contributed by atoms with E-state index in [1.807, 2.05) is 4.68 Å². The highest BCUT2D eigenvalue weighted by Crippen LogP contribution is 2.01. The third-order valence-corrected chi connectivity index (χ3v) is 1.86. The molecule has 1 heterocycles. The predicted molar refractivity (Wildman–Crippen MR) is 49.1 cm³/mol. The van der Waals surface area contributed by atoms with Crippen molar-refractivity contribution in [2.75, 3.05) is 0 Å². The Morgan fingerprint density at radius 2 is 1.92 bits per heavy atom. The smallest absolute Gasteiger partial charge is 0.150 e. The Hall–Kier alpha value is -0.860. The van der Waals surface area contributed by atoms with Crippen molar-refractivity contribution in [3.63, 3.8) is 0 Å². The van der Waals surface area contributed by atoms with E-state index < -0.39 is 0 Å². The van der Waals surface area contributed by atoms with Crippen LogP contribution in [0.5, 0.6) is 0 Å². The molecule has 0 bridgehead atoms. The molecule has 0 saturated carbocycles. The molecule has 1 rings (SSSR count). The van der Waals surface area contributed by atoms with Gasteiger partial charge in [0.2, 0.25) is 0 Å². The summed E-state index contributed by atoms with van der Waals surface area (Å²) in [5, 5.41) is 4.39. The van der Waals surface area contributed by atoms with Crippen molar-refractivity contribution in [1.82, 2.24) is 14.8 Å². The van der Waals surface area contributed by atoms with Gasteiger partial charge in [0.25, 0.3) is 0 Å². The van der Waals surface area contributed by atoms with Crippen LogP contribution in [-0.2, 0) is 19.4 Å². The van der Waals surface area contributed by atoms with Crippen LogP contribution in [0.1, 0.15) is 38.8 Å². The molecule has 0 saturated heterocycles. The number of aromatic nitrogens is 3. The zero-order chi connectivity index (χ0) is 8.97. The van der Waals surface area contributed by atoms with Crippen LogP contribution in [0.2, 0.25) is 0 Å². The van der Waals surface area contributed by atoms with Gasteiger partial charge in [-0.05, 0) is 6.42 Å². The van der Waals surface area contributed by atoms with E-state index in [1.165, 1.54) is 0 Å². The van der Waals surface area contributed by atoms with Gasteiger partial charge in [-0.1, -0.05) is 20.8 Å². The van der Waals surface area contributed by atoms with Crippen molar-refractivity contribution in [1.29, 1.82) is 0 Å². The third kappa shape index (κ3) is 1.84. The van der Waals surface area contributed by atoms with Crippen LogP contribution in [0.15, 0.2) is 0 Å². The van der Waals surface area contributed by atoms with E-state index in [1.54, 1.807) is 0 Å². The molecule has 0 aliphatic carbocycles. The Labute approximate surface area is 73.8 Å². The highest BCUT2D eigenvalue weighted by Gasteiger charge is 2.04. The lowest BCUT2D eigenvalue weighted by atomic mass is 10.4. The van der Waals surface area contributed by atoms with Crippen LogP contribution in [0.4, 0.5) is 0 Å². The molecule has 0 radical (unpaired) electrons. The number of aryl methyl sites for hydroxylation is 3. The zero-order valence-electron chi connectivity index (χ0n) is 8.17. The van der Waals surface area contributed by atoms with Crippen molar-refractivity contribution in [3.05, 3.63) is 11.6 Å². The van der Waals surface area contributed by atoms with E-state index >= 15 is 0 Å². The zero-order valence-corrected chi connectivity index (χ0v) is 8.17. The molecule has 0 aliphatic rings. The summed E-state index contributed by atoms with van der Waals surface area (Å²) in [5.41, 5.74) is 0. The molecular weight excluding hydrogens is 150 g/mol. The molecule has 0 aromatic carbocycles. The van der Waals surface area contributed by atoms with Gasteiger partial charge in [-0.15, -0.1) is 0 Å². The van der Waals surface area contributed by atoms with Crippen LogP contribution in [-0.4, -0.2) is 14.8 Å². The second-order valence-electron chi connectivity index (χ2n) is 2.87. The molecule has 12 heavy (non-hydrogen) atoms. The largest absolute Gasteiger partial charge is 0.250 e. The minimum Gasteiger partial charge on any atom is -0.250 e. The Bertz CT molecular complexity index is 240. The van der Waals surface area contributed by atoms with Crippen molar-refractivity contribution < 1.29 is 0 Å². The van der Waals surface area contributed by atoms with Crippen molar-refractivity contribution in [3.8, 4) is 0 Å². The fourth-order valence-corrected chi connectivity index (χ4v) is 1.23. The summed E-state index contributed by atoms with van der Waals surface area (Å²) in [4.78, 5) is 4.42. The van der Waals surface area contributed by atoms with Crippen molar-refractivity contribution >= 4 is 0 Å². The standard InChI is InChI=1S/C9H17N3/c1-4-7-12-9(6-3)10-8(5-2)11-12/h4-7H2,1-3H3. The Morgan fingerprint density at radius 1 is 1.17 bits per heavy atom. The van der Waals surface area contributed by atoms with Gasteiger partial charge >= 0.3 is 0 Å². The fourth-order valence-electron chi connectivity index (χ4n) is 1.23. The van der Waals surface area contributed by atoms with E-state index in [0.29, 0.717) is 0 Å². The lowest BCUT2D eigenvalue weighted by molar-refractivity contribution is 0.568.